The van der Waals surface area contributed by atoms with Gasteiger partial charge in [0.25, 0.3) is 17.7 Å². The second kappa shape index (κ2) is 11.3. The number of hydrogen-bond acceptors (Lipinski definition) is 6. The summed E-state index contributed by atoms with van der Waals surface area (Å²) in [5.41, 5.74) is 5.83. The number of amides is 3. The Labute approximate surface area is 179 Å². The van der Waals surface area contributed by atoms with Crippen LogP contribution in [0.15, 0.2) is 48.5 Å². The van der Waals surface area contributed by atoms with Crippen molar-refractivity contribution in [3.05, 3.63) is 59.7 Å². The minimum atomic E-state index is -0.709. The van der Waals surface area contributed by atoms with Gasteiger partial charge in [-0.05, 0) is 42.3 Å². The first-order valence-electron chi connectivity index (χ1n) is 9.61. The fourth-order valence-corrected chi connectivity index (χ4v) is 2.42. The van der Waals surface area contributed by atoms with Crippen molar-refractivity contribution >= 4 is 29.4 Å². The molecule has 9 heteroatoms. The summed E-state index contributed by atoms with van der Waals surface area (Å²) >= 11 is 0. The van der Waals surface area contributed by atoms with Gasteiger partial charge in [-0.15, -0.1) is 0 Å². The Morgan fingerprint density at radius 2 is 1.65 bits per heavy atom. The Morgan fingerprint density at radius 1 is 0.968 bits per heavy atom. The van der Waals surface area contributed by atoms with Crippen LogP contribution in [0, 0.1) is 5.92 Å². The number of para-hydroxylation sites is 1. The summed E-state index contributed by atoms with van der Waals surface area (Å²) in [7, 11) is 0. The average molecular weight is 427 g/mol. The lowest BCUT2D eigenvalue weighted by atomic mass is 10.1. The summed E-state index contributed by atoms with van der Waals surface area (Å²) in [5, 5.41) is 5.37. The fourth-order valence-electron chi connectivity index (χ4n) is 2.42. The van der Waals surface area contributed by atoms with Gasteiger partial charge < -0.3 is 25.8 Å². The number of rotatable bonds is 10. The van der Waals surface area contributed by atoms with Gasteiger partial charge >= 0.3 is 5.97 Å². The van der Waals surface area contributed by atoms with Crippen LogP contribution >= 0.6 is 0 Å². The van der Waals surface area contributed by atoms with Gasteiger partial charge in [-0.25, -0.2) is 4.79 Å². The van der Waals surface area contributed by atoms with Crippen molar-refractivity contribution in [3.8, 4) is 5.75 Å². The van der Waals surface area contributed by atoms with E-state index < -0.39 is 24.4 Å². The van der Waals surface area contributed by atoms with Crippen LogP contribution in [0.25, 0.3) is 0 Å². The summed E-state index contributed by atoms with van der Waals surface area (Å²) in [6, 6.07) is 12.4. The lowest BCUT2D eigenvalue weighted by molar-refractivity contribution is -0.120. The Bertz CT molecular complexity index is 941. The molecule has 2 aromatic rings. The molecule has 0 radical (unpaired) electrons. The molecule has 0 bridgehead atoms. The third-order valence-electron chi connectivity index (χ3n) is 3.92. The minimum Gasteiger partial charge on any atom is -0.484 e. The third-order valence-corrected chi connectivity index (χ3v) is 3.92. The quantitative estimate of drug-likeness (QED) is 0.494. The first kappa shape index (κ1) is 23.4. The second-order valence-electron chi connectivity index (χ2n) is 7.05. The van der Waals surface area contributed by atoms with Gasteiger partial charge in [0.2, 0.25) is 0 Å². The highest BCUT2D eigenvalue weighted by molar-refractivity contribution is 6.04. The van der Waals surface area contributed by atoms with Crippen molar-refractivity contribution in [2.24, 2.45) is 11.7 Å². The van der Waals surface area contributed by atoms with E-state index in [0.29, 0.717) is 23.5 Å². The van der Waals surface area contributed by atoms with E-state index in [2.05, 4.69) is 10.6 Å². The van der Waals surface area contributed by atoms with Gasteiger partial charge in [-0.1, -0.05) is 26.0 Å². The zero-order valence-corrected chi connectivity index (χ0v) is 17.3. The number of nitrogens with two attached hydrogens (primary N) is 1. The number of carbonyl (C=O) groups is 4. The first-order valence-corrected chi connectivity index (χ1v) is 9.61. The summed E-state index contributed by atoms with van der Waals surface area (Å²) < 4.78 is 10.1. The van der Waals surface area contributed by atoms with E-state index in [1.807, 2.05) is 13.8 Å². The van der Waals surface area contributed by atoms with E-state index in [-0.39, 0.29) is 24.0 Å². The summed E-state index contributed by atoms with van der Waals surface area (Å²) in [6.45, 7) is 3.65. The Morgan fingerprint density at radius 3 is 2.29 bits per heavy atom. The molecule has 0 unspecified atom stereocenters. The second-order valence-corrected chi connectivity index (χ2v) is 7.05. The fraction of sp³-hybridized carbons (Fsp3) is 0.273. The molecule has 31 heavy (non-hydrogen) atoms. The molecule has 0 aromatic heterocycles. The average Bonchev–Trinajstić information content (AvgIpc) is 2.75. The lowest BCUT2D eigenvalue weighted by Crippen LogP contribution is -2.29. The van der Waals surface area contributed by atoms with Gasteiger partial charge in [0.1, 0.15) is 5.75 Å². The molecular formula is C22H25N3O6. The van der Waals surface area contributed by atoms with E-state index in [1.165, 1.54) is 24.3 Å². The molecule has 0 aliphatic carbocycles. The molecule has 2 aromatic carbocycles. The van der Waals surface area contributed by atoms with Gasteiger partial charge in [-0.3, -0.25) is 14.4 Å². The van der Waals surface area contributed by atoms with Crippen LogP contribution in [0.4, 0.5) is 5.69 Å². The van der Waals surface area contributed by atoms with Crippen molar-refractivity contribution in [2.75, 3.05) is 25.1 Å². The van der Waals surface area contributed by atoms with Crippen molar-refractivity contribution in [3.63, 3.8) is 0 Å². The largest absolute Gasteiger partial charge is 0.484 e. The highest BCUT2D eigenvalue weighted by atomic mass is 16.5. The van der Waals surface area contributed by atoms with E-state index >= 15 is 0 Å². The van der Waals surface area contributed by atoms with E-state index in [4.69, 9.17) is 15.2 Å². The summed E-state index contributed by atoms with van der Waals surface area (Å²) in [5.74, 6) is -1.57. The topological polar surface area (TPSA) is 137 Å². The van der Waals surface area contributed by atoms with Gasteiger partial charge in [0.15, 0.2) is 13.2 Å². The molecule has 4 N–H and O–H groups in total. The van der Waals surface area contributed by atoms with E-state index in [1.54, 1.807) is 24.3 Å². The van der Waals surface area contributed by atoms with Crippen molar-refractivity contribution in [1.82, 2.24) is 5.32 Å². The standard InChI is InChI=1S/C22H25N3O6/c1-14(2)11-24-21(28)17-5-3-4-6-18(17)25-20(27)13-31-22(29)15-7-9-16(10-8-15)30-12-19(23)26/h3-10,14H,11-13H2,1-2H3,(H2,23,26)(H,24,28)(H,25,27). The molecule has 0 fully saturated rings. The molecule has 164 valence electrons. The maximum Gasteiger partial charge on any atom is 0.338 e. The number of benzene rings is 2. The Hall–Kier alpha value is -3.88. The molecule has 9 nitrogen and oxygen atoms in total. The molecule has 0 aliphatic heterocycles. The SMILES string of the molecule is CC(C)CNC(=O)c1ccccc1NC(=O)COC(=O)c1ccc(OCC(N)=O)cc1. The maximum atomic E-state index is 12.3. The minimum absolute atomic E-state index is 0.202. The van der Waals surface area contributed by atoms with Crippen molar-refractivity contribution in [1.29, 1.82) is 0 Å². The van der Waals surface area contributed by atoms with E-state index in [9.17, 15) is 19.2 Å². The maximum absolute atomic E-state index is 12.3. The summed E-state index contributed by atoms with van der Waals surface area (Å²) in [4.78, 5) is 47.4. The van der Waals surface area contributed by atoms with Crippen LogP contribution in [0.3, 0.4) is 0 Å². The van der Waals surface area contributed by atoms with Crippen molar-refractivity contribution in [2.45, 2.75) is 13.8 Å². The van der Waals surface area contributed by atoms with Crippen LogP contribution in [0.2, 0.25) is 0 Å². The number of primary amides is 1. The third kappa shape index (κ3) is 7.81. The number of esters is 1. The molecule has 2 rings (SSSR count). The predicted molar refractivity (Wildman–Crippen MR) is 114 cm³/mol. The zero-order valence-electron chi connectivity index (χ0n) is 17.3. The first-order chi connectivity index (χ1) is 14.8. The van der Waals surface area contributed by atoms with E-state index in [0.717, 1.165) is 0 Å². The molecule has 0 aliphatic rings. The number of ether oxygens (including phenoxy) is 2. The van der Waals surface area contributed by atoms with Crippen LogP contribution < -0.4 is 21.1 Å². The highest BCUT2D eigenvalue weighted by Gasteiger charge is 2.15. The zero-order chi connectivity index (χ0) is 22.8. The van der Waals surface area contributed by atoms with Gasteiger partial charge in [-0.2, -0.15) is 0 Å². The van der Waals surface area contributed by atoms with Crippen LogP contribution in [-0.2, 0) is 14.3 Å². The lowest BCUT2D eigenvalue weighted by Gasteiger charge is -2.12. The number of carbonyl (C=O) groups excluding carboxylic acids is 4. The molecular weight excluding hydrogens is 402 g/mol. The molecule has 0 atom stereocenters. The molecule has 0 saturated carbocycles. The van der Waals surface area contributed by atoms with Gasteiger partial charge in [0.05, 0.1) is 16.8 Å². The number of nitrogens with one attached hydrogen (secondary N) is 2. The number of anilines is 1. The molecule has 0 heterocycles. The van der Waals surface area contributed by atoms with Crippen molar-refractivity contribution < 1.29 is 28.7 Å². The van der Waals surface area contributed by atoms with Gasteiger partial charge in [0, 0.05) is 6.54 Å². The van der Waals surface area contributed by atoms with Crippen LogP contribution in [0.1, 0.15) is 34.6 Å². The smallest absolute Gasteiger partial charge is 0.338 e. The molecule has 0 spiro atoms. The predicted octanol–water partition coefficient (Wildman–Crippen LogP) is 1.73. The normalized spacial score (nSPS) is 10.3. The number of hydrogen-bond donors (Lipinski definition) is 3. The van der Waals surface area contributed by atoms with Crippen LogP contribution in [-0.4, -0.2) is 43.4 Å². The highest BCUT2D eigenvalue weighted by Crippen LogP contribution is 2.16. The Balaban J connectivity index is 1.90. The molecule has 3 amide bonds. The molecule has 0 saturated heterocycles. The summed E-state index contributed by atoms with van der Waals surface area (Å²) in [6.07, 6.45) is 0. The monoisotopic (exact) mass is 427 g/mol. The Kier molecular flexibility index (Phi) is 8.56. The van der Waals surface area contributed by atoms with Crippen LogP contribution in [0.5, 0.6) is 5.75 Å².